The second kappa shape index (κ2) is 8.63. The normalized spacial score (nSPS) is 18.2. The van der Waals surface area contributed by atoms with Crippen molar-refractivity contribution in [1.82, 2.24) is 20.4 Å². The Morgan fingerprint density at radius 1 is 1.29 bits per heavy atom. The summed E-state index contributed by atoms with van der Waals surface area (Å²) in [6, 6.07) is 6.31. The zero-order chi connectivity index (χ0) is 22.0. The molecule has 1 N–H and O–H groups in total. The average molecular weight is 424 g/mol. The third-order valence-electron chi connectivity index (χ3n) is 5.41. The lowest BCUT2D eigenvalue weighted by atomic mass is 10.1. The summed E-state index contributed by atoms with van der Waals surface area (Å²) >= 11 is 0. The van der Waals surface area contributed by atoms with E-state index >= 15 is 0 Å². The number of carbonyl (C=O) groups excluding carboxylic acids is 2. The van der Waals surface area contributed by atoms with Crippen molar-refractivity contribution in [3.05, 3.63) is 65.2 Å². The number of likely N-dealkylation sites (N-methyl/N-ethyl adjacent to an activating group) is 1. The van der Waals surface area contributed by atoms with Crippen LogP contribution in [0, 0.1) is 13.8 Å². The molecule has 2 amide bonds. The molecule has 0 saturated carbocycles. The summed E-state index contributed by atoms with van der Waals surface area (Å²) < 4.78 is 16.9. The van der Waals surface area contributed by atoms with Crippen LogP contribution in [0.1, 0.15) is 39.8 Å². The van der Waals surface area contributed by atoms with Crippen LogP contribution < -0.4 is 10.1 Å². The smallest absolute Gasteiger partial charge is 0.290 e. The standard InChI is InChI=1S/C22H24N4O5/c1-13-18(14(2)31-25-13)9-15-6-7-20(30-15)22(28)26-12-17(10-19(26)21(27)23-3)29-16-5-4-8-24-11-16/h4-8,11,17,19H,9-10,12H2,1-3H3,(H,23,27)/t17-,19-/m0/s1. The molecular weight excluding hydrogens is 400 g/mol. The maximum absolute atomic E-state index is 13.2. The highest BCUT2D eigenvalue weighted by molar-refractivity contribution is 5.96. The average Bonchev–Trinajstić information content (AvgIpc) is 3.49. The summed E-state index contributed by atoms with van der Waals surface area (Å²) in [5.41, 5.74) is 1.72. The molecule has 0 bridgehead atoms. The minimum atomic E-state index is -0.643. The van der Waals surface area contributed by atoms with Crippen LogP contribution >= 0.6 is 0 Å². The van der Waals surface area contributed by atoms with Gasteiger partial charge in [-0.25, -0.2) is 0 Å². The molecule has 4 heterocycles. The fourth-order valence-corrected chi connectivity index (χ4v) is 3.79. The van der Waals surface area contributed by atoms with E-state index in [-0.39, 0.29) is 30.2 Å². The van der Waals surface area contributed by atoms with Gasteiger partial charge in [0.05, 0.1) is 18.4 Å². The summed E-state index contributed by atoms with van der Waals surface area (Å²) in [6.07, 6.45) is 3.79. The van der Waals surface area contributed by atoms with Gasteiger partial charge < -0.3 is 23.9 Å². The van der Waals surface area contributed by atoms with Crippen LogP contribution in [0.25, 0.3) is 0 Å². The molecular formula is C22H24N4O5. The highest BCUT2D eigenvalue weighted by Gasteiger charge is 2.41. The number of rotatable bonds is 6. The fourth-order valence-electron chi connectivity index (χ4n) is 3.79. The first-order chi connectivity index (χ1) is 15.0. The van der Waals surface area contributed by atoms with Crippen molar-refractivity contribution in [2.75, 3.05) is 13.6 Å². The Bertz CT molecular complexity index is 1060. The van der Waals surface area contributed by atoms with Crippen molar-refractivity contribution in [3.63, 3.8) is 0 Å². The van der Waals surface area contributed by atoms with Crippen molar-refractivity contribution in [3.8, 4) is 5.75 Å². The van der Waals surface area contributed by atoms with Crippen molar-refractivity contribution in [2.45, 2.75) is 38.8 Å². The Kier molecular flexibility index (Phi) is 5.75. The van der Waals surface area contributed by atoms with Gasteiger partial charge in [0.1, 0.15) is 29.4 Å². The zero-order valence-electron chi connectivity index (χ0n) is 17.6. The quantitative estimate of drug-likeness (QED) is 0.646. The Balaban J connectivity index is 1.50. The summed E-state index contributed by atoms with van der Waals surface area (Å²) in [4.78, 5) is 31.1. The maximum atomic E-state index is 13.2. The summed E-state index contributed by atoms with van der Waals surface area (Å²) in [7, 11) is 1.55. The highest BCUT2D eigenvalue weighted by Crippen LogP contribution is 2.26. The SMILES string of the molecule is CNC(=O)[C@@H]1C[C@H](Oc2cccnc2)CN1C(=O)c1ccc(Cc2c(C)noc2C)o1. The van der Waals surface area contributed by atoms with Crippen molar-refractivity contribution >= 4 is 11.8 Å². The molecule has 31 heavy (non-hydrogen) atoms. The molecule has 0 radical (unpaired) electrons. The lowest BCUT2D eigenvalue weighted by molar-refractivity contribution is -0.124. The zero-order valence-corrected chi connectivity index (χ0v) is 17.6. The Labute approximate surface area is 179 Å². The van der Waals surface area contributed by atoms with Gasteiger partial charge in [0.2, 0.25) is 5.91 Å². The van der Waals surface area contributed by atoms with Crippen LogP contribution in [0.2, 0.25) is 0 Å². The van der Waals surface area contributed by atoms with Gasteiger partial charge in [0.25, 0.3) is 5.91 Å². The number of furan rings is 1. The molecule has 162 valence electrons. The van der Waals surface area contributed by atoms with E-state index in [1.807, 2.05) is 13.8 Å². The largest absolute Gasteiger partial charge is 0.487 e. The Hall–Kier alpha value is -3.62. The van der Waals surface area contributed by atoms with Crippen LogP contribution in [-0.4, -0.2) is 52.6 Å². The van der Waals surface area contributed by atoms with E-state index in [0.29, 0.717) is 24.4 Å². The summed E-state index contributed by atoms with van der Waals surface area (Å²) in [6.45, 7) is 3.97. The number of nitrogens with zero attached hydrogens (tertiary/aromatic N) is 3. The second-order valence-electron chi connectivity index (χ2n) is 7.50. The van der Waals surface area contributed by atoms with Crippen molar-refractivity contribution in [1.29, 1.82) is 0 Å². The third-order valence-corrected chi connectivity index (χ3v) is 5.41. The first-order valence-corrected chi connectivity index (χ1v) is 10.1. The van der Waals surface area contributed by atoms with Gasteiger partial charge in [-0.15, -0.1) is 0 Å². The number of aromatic nitrogens is 2. The molecule has 9 nitrogen and oxygen atoms in total. The Morgan fingerprint density at radius 3 is 2.81 bits per heavy atom. The van der Waals surface area contributed by atoms with E-state index in [1.54, 1.807) is 43.7 Å². The van der Waals surface area contributed by atoms with E-state index in [4.69, 9.17) is 13.7 Å². The number of ether oxygens (including phenoxy) is 1. The lowest BCUT2D eigenvalue weighted by Crippen LogP contribution is -2.44. The third kappa shape index (κ3) is 4.30. The van der Waals surface area contributed by atoms with Gasteiger partial charge in [-0.05, 0) is 38.1 Å². The van der Waals surface area contributed by atoms with E-state index in [9.17, 15) is 9.59 Å². The molecule has 1 aliphatic rings. The van der Waals surface area contributed by atoms with E-state index < -0.39 is 6.04 Å². The molecule has 9 heteroatoms. The number of aryl methyl sites for hydroxylation is 2. The first-order valence-electron chi connectivity index (χ1n) is 10.1. The molecule has 1 aliphatic heterocycles. The molecule has 1 fully saturated rings. The van der Waals surface area contributed by atoms with Gasteiger partial charge >= 0.3 is 0 Å². The van der Waals surface area contributed by atoms with E-state index in [1.165, 1.54) is 4.90 Å². The van der Waals surface area contributed by atoms with E-state index in [2.05, 4.69) is 15.5 Å². The predicted molar refractivity (Wildman–Crippen MR) is 110 cm³/mol. The van der Waals surface area contributed by atoms with Crippen molar-refractivity contribution in [2.24, 2.45) is 0 Å². The summed E-state index contributed by atoms with van der Waals surface area (Å²) in [5, 5.41) is 6.57. The molecule has 4 rings (SSSR count). The summed E-state index contributed by atoms with van der Waals surface area (Å²) in [5.74, 6) is 1.52. The molecule has 3 aromatic rings. The predicted octanol–water partition coefficient (Wildman–Crippen LogP) is 2.28. The topological polar surface area (TPSA) is 111 Å². The van der Waals surface area contributed by atoms with Crippen LogP contribution in [0.15, 0.2) is 45.6 Å². The van der Waals surface area contributed by atoms with Crippen LogP contribution in [-0.2, 0) is 11.2 Å². The minimum Gasteiger partial charge on any atom is -0.487 e. The van der Waals surface area contributed by atoms with Gasteiger partial charge in [-0.2, -0.15) is 0 Å². The fraction of sp³-hybridized carbons (Fsp3) is 0.364. The van der Waals surface area contributed by atoms with Crippen LogP contribution in [0.3, 0.4) is 0 Å². The van der Waals surface area contributed by atoms with Gasteiger partial charge in [0, 0.05) is 31.6 Å². The number of nitrogens with one attached hydrogen (secondary N) is 1. The number of pyridine rings is 1. The second-order valence-corrected chi connectivity index (χ2v) is 7.50. The lowest BCUT2D eigenvalue weighted by Gasteiger charge is -2.21. The van der Waals surface area contributed by atoms with Crippen LogP contribution in [0.5, 0.6) is 5.75 Å². The maximum Gasteiger partial charge on any atom is 0.290 e. The van der Waals surface area contributed by atoms with E-state index in [0.717, 1.165) is 17.0 Å². The molecule has 1 saturated heterocycles. The van der Waals surface area contributed by atoms with Gasteiger partial charge in [0.15, 0.2) is 5.76 Å². The number of amides is 2. The molecule has 0 spiro atoms. The molecule has 2 atom stereocenters. The molecule has 0 unspecified atom stereocenters. The number of hydrogen-bond donors (Lipinski definition) is 1. The van der Waals surface area contributed by atoms with Gasteiger partial charge in [-0.3, -0.25) is 14.6 Å². The van der Waals surface area contributed by atoms with Crippen LogP contribution in [0.4, 0.5) is 0 Å². The first kappa shape index (κ1) is 20.6. The van der Waals surface area contributed by atoms with Crippen molar-refractivity contribution < 1.29 is 23.3 Å². The monoisotopic (exact) mass is 424 g/mol. The van der Waals surface area contributed by atoms with Gasteiger partial charge in [-0.1, -0.05) is 5.16 Å². The number of carbonyl (C=O) groups is 2. The molecule has 3 aromatic heterocycles. The molecule has 0 aromatic carbocycles. The Morgan fingerprint density at radius 2 is 2.13 bits per heavy atom. The number of likely N-dealkylation sites (tertiary alicyclic amines) is 1. The highest BCUT2D eigenvalue weighted by atomic mass is 16.5. The number of hydrogen-bond acceptors (Lipinski definition) is 7. The molecule has 0 aliphatic carbocycles. The minimum absolute atomic E-state index is 0.178.